The van der Waals surface area contributed by atoms with E-state index in [4.69, 9.17) is 42.1 Å². The summed E-state index contributed by atoms with van der Waals surface area (Å²) in [5.74, 6) is -0.167. The van der Waals surface area contributed by atoms with Crippen LogP contribution >= 0.6 is 34.5 Å². The molecule has 20 heteroatoms. The third-order valence-corrected chi connectivity index (χ3v) is 15.7. The molecule has 0 amide bonds. The van der Waals surface area contributed by atoms with Crippen LogP contribution in [0.15, 0.2) is 61.1 Å². The van der Waals surface area contributed by atoms with Crippen LogP contribution in [0.25, 0.3) is 31.8 Å². The van der Waals surface area contributed by atoms with Crippen molar-refractivity contribution < 1.29 is 41.7 Å². The van der Waals surface area contributed by atoms with Crippen LogP contribution in [-0.2, 0) is 27.7 Å². The minimum absolute atomic E-state index is 0.00356. The second-order valence-corrected chi connectivity index (χ2v) is 20.7. The molecule has 0 unspecified atom stereocenters. The molecule has 10 rings (SSSR count). The van der Waals surface area contributed by atoms with E-state index in [2.05, 4.69) is 36.8 Å². The summed E-state index contributed by atoms with van der Waals surface area (Å²) >= 11 is 15.9. The molecule has 0 radical (unpaired) electrons. The second-order valence-electron chi connectivity index (χ2n) is 16.6. The minimum atomic E-state index is -3.11. The van der Waals surface area contributed by atoms with Gasteiger partial charge in [-0.3, -0.25) is 4.90 Å². The average molecular weight is 979 g/mol. The van der Waals surface area contributed by atoms with Crippen molar-refractivity contribution in [1.29, 1.82) is 0 Å². The van der Waals surface area contributed by atoms with Gasteiger partial charge in [0, 0.05) is 74.4 Å². The smallest absolute Gasteiger partial charge is 0.345 e. The third-order valence-electron chi connectivity index (χ3n) is 12.1. The van der Waals surface area contributed by atoms with Crippen LogP contribution in [-0.4, -0.2) is 132 Å². The van der Waals surface area contributed by atoms with Gasteiger partial charge in [-0.25, -0.2) is 37.5 Å². The van der Waals surface area contributed by atoms with Crippen molar-refractivity contribution in [1.82, 2.24) is 29.7 Å². The maximum absolute atomic E-state index is 14.4. The molecule has 0 spiro atoms. The first-order valence-corrected chi connectivity index (χ1v) is 24.8. The Hall–Kier alpha value is -5.37. The fraction of sp³-hybridized carbons (Fsp3) is 0.370. The van der Waals surface area contributed by atoms with Crippen molar-refractivity contribution in [3.05, 3.63) is 99.3 Å². The predicted octanol–water partition coefficient (Wildman–Crippen LogP) is 7.15. The fourth-order valence-electron chi connectivity index (χ4n) is 8.39. The summed E-state index contributed by atoms with van der Waals surface area (Å²) in [6.45, 7) is 8.26. The minimum Gasteiger partial charge on any atom is -0.490 e. The van der Waals surface area contributed by atoms with Gasteiger partial charge in [-0.05, 0) is 79.5 Å². The number of nitrogens with zero attached hydrogens (tertiary/aromatic N) is 7. The summed E-state index contributed by atoms with van der Waals surface area (Å²) in [6.07, 6.45) is 0.673. The fourth-order valence-corrected chi connectivity index (χ4v) is 11.3. The van der Waals surface area contributed by atoms with Gasteiger partial charge in [0.15, 0.2) is 15.6 Å². The van der Waals surface area contributed by atoms with Crippen LogP contribution in [0.1, 0.15) is 22.4 Å². The monoisotopic (exact) mass is 977 g/mol. The van der Waals surface area contributed by atoms with Crippen LogP contribution in [0.2, 0.25) is 10.0 Å². The number of hydrogen-bond acceptors (Lipinski definition) is 15. The standard InChI is InChI=1S/C46H46Cl2FN7O8S2/c1-26-36-27(2)40(48)41(39(26)47)63-33(22-55-14-12-54(3)13-15-55)24-61-32-8-9-34(62-23-31-10-11-50-46(53-31)56-16-18-66(59,60)19-17-56)29(20-32)21-35(45(57)58)64-43-38-37(36)42(65-44(38)52-25-51-43)28-4-6-30(49)7-5-28/h4-11,20,25,33,35H,12-19,21-24H2,1-3H3,(H,57,58)/t33-,35-/m1/s1. The normalized spacial score (nSPS) is 19.2. The molecular formula is C46H46Cl2FN7O8S2. The Kier molecular flexibility index (Phi) is 13.2. The Morgan fingerprint density at radius 1 is 0.939 bits per heavy atom. The van der Waals surface area contributed by atoms with Crippen molar-refractivity contribution in [3.63, 3.8) is 0 Å². The quantitative estimate of drug-likeness (QED) is 0.163. The zero-order valence-electron chi connectivity index (χ0n) is 36.3. The van der Waals surface area contributed by atoms with Gasteiger partial charge >= 0.3 is 5.97 Å². The van der Waals surface area contributed by atoms with Gasteiger partial charge in [-0.15, -0.1) is 11.3 Å². The van der Waals surface area contributed by atoms with E-state index in [9.17, 15) is 22.7 Å². The molecule has 66 heavy (non-hydrogen) atoms. The molecule has 1 N–H and O–H groups in total. The summed E-state index contributed by atoms with van der Waals surface area (Å²) in [6, 6.07) is 12.9. The van der Waals surface area contributed by atoms with Gasteiger partial charge in [-0.2, -0.15) is 0 Å². The number of aromatic nitrogens is 4. The molecule has 2 saturated heterocycles. The zero-order chi connectivity index (χ0) is 46.3. The number of rotatable bonds is 8. The molecule has 15 nitrogen and oxygen atoms in total. The van der Waals surface area contributed by atoms with Crippen molar-refractivity contribution in [2.24, 2.45) is 0 Å². The number of aliphatic carboxylic acids is 1. The highest BCUT2D eigenvalue weighted by Crippen LogP contribution is 2.53. The van der Waals surface area contributed by atoms with Crippen LogP contribution in [0.4, 0.5) is 10.3 Å². The zero-order valence-corrected chi connectivity index (χ0v) is 39.4. The van der Waals surface area contributed by atoms with E-state index in [0.29, 0.717) is 83.9 Å². The number of piperazine rings is 1. The first-order chi connectivity index (χ1) is 31.7. The Morgan fingerprint density at radius 2 is 1.67 bits per heavy atom. The topological polar surface area (TPSA) is 170 Å². The number of anilines is 1. The molecular weight excluding hydrogens is 933 g/mol. The number of likely N-dealkylation sites (N-methyl/N-ethyl adjacent to an activating group) is 1. The summed E-state index contributed by atoms with van der Waals surface area (Å²) in [7, 11) is -1.02. The highest BCUT2D eigenvalue weighted by atomic mass is 35.5. The van der Waals surface area contributed by atoms with E-state index in [-0.39, 0.29) is 60.2 Å². The van der Waals surface area contributed by atoms with Crippen molar-refractivity contribution in [2.45, 2.75) is 39.1 Å². The summed E-state index contributed by atoms with van der Waals surface area (Å²) in [4.78, 5) is 39.0. The van der Waals surface area contributed by atoms with Gasteiger partial charge in [-0.1, -0.05) is 35.3 Å². The molecule has 2 atom stereocenters. The van der Waals surface area contributed by atoms with Crippen molar-refractivity contribution >= 4 is 66.5 Å². The maximum atomic E-state index is 14.4. The second kappa shape index (κ2) is 19.1. The van der Waals surface area contributed by atoms with Crippen molar-refractivity contribution in [3.8, 4) is 44.7 Å². The first kappa shape index (κ1) is 45.8. The Labute approximate surface area is 394 Å². The van der Waals surface area contributed by atoms with E-state index in [0.717, 1.165) is 26.2 Å². The van der Waals surface area contributed by atoms with E-state index in [1.54, 1.807) is 42.6 Å². The molecule has 346 valence electrons. The van der Waals surface area contributed by atoms with E-state index < -0.39 is 33.8 Å². The van der Waals surface area contributed by atoms with E-state index in [1.807, 2.05) is 18.7 Å². The first-order valence-electron chi connectivity index (χ1n) is 21.4. The Bertz CT molecular complexity index is 2880. The number of fused-ring (bicyclic) bond motifs is 7. The van der Waals surface area contributed by atoms with E-state index in [1.165, 1.54) is 29.8 Å². The number of hydrogen-bond donors (Lipinski definition) is 1. The maximum Gasteiger partial charge on any atom is 0.345 e. The van der Waals surface area contributed by atoms with Gasteiger partial charge in [0.1, 0.15) is 47.8 Å². The molecule has 4 aliphatic rings. The van der Waals surface area contributed by atoms with Crippen LogP contribution in [0.5, 0.6) is 23.1 Å². The lowest BCUT2D eigenvalue weighted by atomic mass is 9.92. The molecule has 6 aromatic rings. The van der Waals surface area contributed by atoms with Gasteiger partial charge in [0.05, 0.1) is 32.6 Å². The number of carboxylic acid groups (broad SMARTS) is 1. The molecule has 7 heterocycles. The highest BCUT2D eigenvalue weighted by Gasteiger charge is 2.32. The molecule has 4 aliphatic heterocycles. The molecule has 0 saturated carbocycles. The number of carboxylic acids is 1. The summed E-state index contributed by atoms with van der Waals surface area (Å²) in [5, 5.41) is 11.8. The lowest BCUT2D eigenvalue weighted by Gasteiger charge is -2.35. The van der Waals surface area contributed by atoms with E-state index >= 15 is 0 Å². The molecule has 0 aliphatic carbocycles. The number of ether oxygens (including phenoxy) is 4. The molecule has 2 fully saturated rings. The van der Waals surface area contributed by atoms with Gasteiger partial charge in [0.2, 0.25) is 17.9 Å². The molecule has 4 bridgehead atoms. The Balaban J connectivity index is 1.15. The van der Waals surface area contributed by atoms with Gasteiger partial charge in [0.25, 0.3) is 0 Å². The number of sulfone groups is 1. The predicted molar refractivity (Wildman–Crippen MR) is 251 cm³/mol. The SMILES string of the molecule is Cc1c(Cl)c2c(Cl)c(C)c1-c1c(-c3ccc(F)cc3)sc3ncnc(c13)O[C@@H](C(=O)O)Cc1cc(ccc1OCc1ccnc(N3CCS(=O)(=O)CC3)n1)OC[C@@H](CN1CCN(C)CC1)O2. The lowest BCUT2D eigenvalue weighted by Crippen LogP contribution is -2.49. The van der Waals surface area contributed by atoms with Crippen LogP contribution in [0, 0.1) is 19.7 Å². The third kappa shape index (κ3) is 9.71. The highest BCUT2D eigenvalue weighted by molar-refractivity contribution is 7.91. The van der Waals surface area contributed by atoms with Crippen LogP contribution in [0.3, 0.4) is 0 Å². The molecule has 3 aromatic carbocycles. The summed E-state index contributed by atoms with van der Waals surface area (Å²) < 4.78 is 64.6. The van der Waals surface area contributed by atoms with Gasteiger partial charge < -0.3 is 33.9 Å². The summed E-state index contributed by atoms with van der Waals surface area (Å²) in [5.41, 5.74) is 4.18. The van der Waals surface area contributed by atoms with Crippen molar-refractivity contribution in [2.75, 3.05) is 75.9 Å². The molecule has 3 aromatic heterocycles. The van der Waals surface area contributed by atoms with Crippen LogP contribution < -0.4 is 23.8 Å². The number of halogens is 3. The lowest BCUT2D eigenvalue weighted by molar-refractivity contribution is -0.145. The number of carbonyl (C=O) groups is 1. The average Bonchev–Trinajstić information content (AvgIpc) is 3.69. The number of thiophene rings is 1. The number of benzene rings is 3. The largest absolute Gasteiger partial charge is 0.490 e. The Morgan fingerprint density at radius 3 is 2.38 bits per heavy atom.